The van der Waals surface area contributed by atoms with E-state index >= 15 is 0 Å². The zero-order valence-electron chi connectivity index (χ0n) is 10.3. The van der Waals surface area contributed by atoms with Gasteiger partial charge in [0.05, 0.1) is 19.2 Å². The van der Waals surface area contributed by atoms with E-state index in [0.29, 0.717) is 18.3 Å². The Kier molecular flexibility index (Phi) is 4.44. The number of aliphatic hydroxyl groups is 1. The summed E-state index contributed by atoms with van der Waals surface area (Å²) in [5.41, 5.74) is 1.04. The van der Waals surface area contributed by atoms with Crippen molar-refractivity contribution in [3.8, 4) is 0 Å². The van der Waals surface area contributed by atoms with Crippen molar-refractivity contribution in [2.24, 2.45) is 0 Å². The fourth-order valence-electron chi connectivity index (χ4n) is 1.69. The molecule has 1 aromatic heterocycles. The van der Waals surface area contributed by atoms with Gasteiger partial charge in [-0.1, -0.05) is 37.3 Å². The third kappa shape index (κ3) is 3.15. The van der Waals surface area contributed by atoms with Crippen LogP contribution in [-0.4, -0.2) is 21.9 Å². The Hall–Kier alpha value is -1.72. The van der Waals surface area contributed by atoms with Crippen molar-refractivity contribution >= 4 is 0 Å². The maximum absolute atomic E-state index is 9.38. The number of aliphatic hydroxyl groups excluding tert-OH is 1. The molecular weight excluding hydrogens is 230 g/mol. The molecule has 0 fully saturated rings. The SMILES string of the molecule is CCc1nnc(CNC(CO)c2ccccc2)o1. The highest BCUT2D eigenvalue weighted by Crippen LogP contribution is 2.12. The van der Waals surface area contributed by atoms with E-state index in [1.807, 2.05) is 37.3 Å². The Morgan fingerprint density at radius 2 is 1.94 bits per heavy atom. The van der Waals surface area contributed by atoms with Crippen LogP contribution in [0.25, 0.3) is 0 Å². The lowest BCUT2D eigenvalue weighted by atomic mass is 10.1. The predicted molar refractivity (Wildman–Crippen MR) is 66.8 cm³/mol. The monoisotopic (exact) mass is 247 g/mol. The van der Waals surface area contributed by atoms with Gasteiger partial charge < -0.3 is 9.52 Å². The van der Waals surface area contributed by atoms with Crippen molar-refractivity contribution in [2.45, 2.75) is 25.9 Å². The summed E-state index contributed by atoms with van der Waals surface area (Å²) in [5, 5.41) is 20.4. The summed E-state index contributed by atoms with van der Waals surface area (Å²) in [6.07, 6.45) is 0.731. The van der Waals surface area contributed by atoms with E-state index in [9.17, 15) is 5.11 Å². The zero-order valence-corrected chi connectivity index (χ0v) is 10.3. The van der Waals surface area contributed by atoms with Gasteiger partial charge in [-0.15, -0.1) is 10.2 Å². The summed E-state index contributed by atoms with van der Waals surface area (Å²) < 4.78 is 5.40. The maximum atomic E-state index is 9.38. The second-order valence-corrected chi connectivity index (χ2v) is 3.97. The number of aromatic nitrogens is 2. The standard InChI is InChI=1S/C13H17N3O2/c1-2-12-15-16-13(18-12)8-14-11(9-17)10-6-4-3-5-7-10/h3-7,11,14,17H,2,8-9H2,1H3. The highest BCUT2D eigenvalue weighted by Gasteiger charge is 2.11. The molecule has 0 saturated heterocycles. The number of hydrogen-bond acceptors (Lipinski definition) is 5. The number of aryl methyl sites for hydroxylation is 1. The Morgan fingerprint density at radius 3 is 2.56 bits per heavy atom. The van der Waals surface area contributed by atoms with Crippen molar-refractivity contribution in [3.63, 3.8) is 0 Å². The molecule has 0 amide bonds. The highest BCUT2D eigenvalue weighted by molar-refractivity contribution is 5.18. The molecule has 2 rings (SSSR count). The lowest BCUT2D eigenvalue weighted by Crippen LogP contribution is -2.24. The van der Waals surface area contributed by atoms with E-state index in [2.05, 4.69) is 15.5 Å². The van der Waals surface area contributed by atoms with Crippen LogP contribution in [0.5, 0.6) is 0 Å². The van der Waals surface area contributed by atoms with E-state index in [0.717, 1.165) is 12.0 Å². The molecule has 18 heavy (non-hydrogen) atoms. The van der Waals surface area contributed by atoms with Crippen LogP contribution < -0.4 is 5.32 Å². The fraction of sp³-hybridized carbons (Fsp3) is 0.385. The van der Waals surface area contributed by atoms with Crippen LogP contribution in [0.4, 0.5) is 0 Å². The van der Waals surface area contributed by atoms with E-state index in [-0.39, 0.29) is 12.6 Å². The van der Waals surface area contributed by atoms with Crippen LogP contribution in [-0.2, 0) is 13.0 Å². The van der Waals surface area contributed by atoms with Gasteiger partial charge in [-0.3, -0.25) is 5.32 Å². The van der Waals surface area contributed by atoms with Gasteiger partial charge >= 0.3 is 0 Å². The van der Waals surface area contributed by atoms with Gasteiger partial charge in [-0.05, 0) is 5.56 Å². The van der Waals surface area contributed by atoms with Crippen LogP contribution in [0.3, 0.4) is 0 Å². The molecule has 0 aliphatic carbocycles. The van der Waals surface area contributed by atoms with Gasteiger partial charge in [0.1, 0.15) is 0 Å². The summed E-state index contributed by atoms with van der Waals surface area (Å²) in [6.45, 7) is 2.44. The summed E-state index contributed by atoms with van der Waals surface area (Å²) >= 11 is 0. The number of hydrogen-bond donors (Lipinski definition) is 2. The smallest absolute Gasteiger partial charge is 0.230 e. The van der Waals surface area contributed by atoms with Gasteiger partial charge in [0.25, 0.3) is 0 Å². The first-order valence-corrected chi connectivity index (χ1v) is 6.04. The minimum absolute atomic E-state index is 0.0266. The lowest BCUT2D eigenvalue weighted by molar-refractivity contribution is 0.240. The molecule has 5 heteroatoms. The first kappa shape index (κ1) is 12.7. The summed E-state index contributed by atoms with van der Waals surface area (Å²) in [6, 6.07) is 9.66. The minimum Gasteiger partial charge on any atom is -0.424 e. The molecule has 2 aromatic rings. The van der Waals surface area contributed by atoms with Gasteiger partial charge in [-0.2, -0.15) is 0 Å². The van der Waals surface area contributed by atoms with Crippen LogP contribution in [0, 0.1) is 0 Å². The first-order chi connectivity index (χ1) is 8.83. The number of benzene rings is 1. The lowest BCUT2D eigenvalue weighted by Gasteiger charge is -2.15. The third-order valence-corrected chi connectivity index (χ3v) is 2.70. The summed E-state index contributed by atoms with van der Waals surface area (Å²) in [5.74, 6) is 1.17. The zero-order chi connectivity index (χ0) is 12.8. The molecular formula is C13H17N3O2. The van der Waals surface area contributed by atoms with E-state index in [4.69, 9.17) is 4.42 Å². The van der Waals surface area contributed by atoms with Gasteiger partial charge in [0, 0.05) is 6.42 Å². The molecule has 0 aliphatic heterocycles. The molecule has 0 saturated carbocycles. The van der Waals surface area contributed by atoms with Crippen LogP contribution in [0.2, 0.25) is 0 Å². The Labute approximate surface area is 106 Å². The van der Waals surface area contributed by atoms with Gasteiger partial charge in [0.2, 0.25) is 11.8 Å². The third-order valence-electron chi connectivity index (χ3n) is 2.70. The molecule has 0 radical (unpaired) electrons. The Balaban J connectivity index is 1.95. The van der Waals surface area contributed by atoms with Crippen molar-refractivity contribution < 1.29 is 9.52 Å². The topological polar surface area (TPSA) is 71.2 Å². The molecule has 0 spiro atoms. The molecule has 1 aromatic carbocycles. The Bertz CT molecular complexity index is 470. The molecule has 96 valence electrons. The van der Waals surface area contributed by atoms with Gasteiger partial charge in [0.15, 0.2) is 0 Å². The first-order valence-electron chi connectivity index (χ1n) is 6.04. The van der Waals surface area contributed by atoms with Crippen LogP contribution >= 0.6 is 0 Å². The fourth-order valence-corrected chi connectivity index (χ4v) is 1.69. The molecule has 1 unspecified atom stereocenters. The quantitative estimate of drug-likeness (QED) is 0.808. The second-order valence-electron chi connectivity index (χ2n) is 3.97. The van der Waals surface area contributed by atoms with E-state index < -0.39 is 0 Å². The highest BCUT2D eigenvalue weighted by atomic mass is 16.4. The van der Waals surface area contributed by atoms with Crippen molar-refractivity contribution in [1.29, 1.82) is 0 Å². The largest absolute Gasteiger partial charge is 0.424 e. The molecule has 1 heterocycles. The molecule has 5 nitrogen and oxygen atoms in total. The van der Waals surface area contributed by atoms with Gasteiger partial charge in [-0.25, -0.2) is 0 Å². The number of nitrogens with one attached hydrogen (secondary N) is 1. The maximum Gasteiger partial charge on any atom is 0.230 e. The average Bonchev–Trinajstić information content (AvgIpc) is 2.89. The minimum atomic E-state index is -0.122. The molecule has 2 N–H and O–H groups in total. The van der Waals surface area contributed by atoms with Crippen LogP contribution in [0.1, 0.15) is 30.3 Å². The van der Waals surface area contributed by atoms with Crippen molar-refractivity contribution in [2.75, 3.05) is 6.61 Å². The molecule has 0 bridgehead atoms. The van der Waals surface area contributed by atoms with Crippen molar-refractivity contribution in [1.82, 2.24) is 15.5 Å². The molecule has 0 aliphatic rings. The summed E-state index contributed by atoms with van der Waals surface area (Å²) in [4.78, 5) is 0. The second kappa shape index (κ2) is 6.28. The van der Waals surface area contributed by atoms with E-state index in [1.165, 1.54) is 0 Å². The summed E-state index contributed by atoms with van der Waals surface area (Å²) in [7, 11) is 0. The number of rotatable bonds is 6. The average molecular weight is 247 g/mol. The Morgan fingerprint density at radius 1 is 1.22 bits per heavy atom. The van der Waals surface area contributed by atoms with Crippen LogP contribution in [0.15, 0.2) is 34.7 Å². The predicted octanol–water partition coefficient (Wildman–Crippen LogP) is 1.46. The van der Waals surface area contributed by atoms with Crippen molar-refractivity contribution in [3.05, 3.63) is 47.7 Å². The normalized spacial score (nSPS) is 12.6. The molecule has 1 atom stereocenters. The van der Waals surface area contributed by atoms with E-state index in [1.54, 1.807) is 0 Å². The number of nitrogens with zero attached hydrogens (tertiary/aromatic N) is 2.